The highest BCUT2D eigenvalue weighted by Crippen LogP contribution is 2.45. The van der Waals surface area contributed by atoms with Crippen molar-refractivity contribution in [3.63, 3.8) is 0 Å². The predicted octanol–water partition coefficient (Wildman–Crippen LogP) is 4.82. The molecule has 0 amide bonds. The fraction of sp³-hybridized carbons (Fsp3) is 0.481. The SMILES string of the molecule is COC(=O)c1ccnc(N2C3CC[C@H]2CC(OCc2c(-c4ccccc4C)noc2C2CC2)C3)n1. The van der Waals surface area contributed by atoms with Crippen LogP contribution in [0.5, 0.6) is 0 Å². The number of hydrogen-bond donors (Lipinski definition) is 0. The molecule has 2 bridgehead atoms. The summed E-state index contributed by atoms with van der Waals surface area (Å²) in [7, 11) is 1.37. The zero-order valence-corrected chi connectivity index (χ0v) is 20.1. The van der Waals surface area contributed by atoms with E-state index in [4.69, 9.17) is 14.0 Å². The molecule has 2 aliphatic heterocycles. The number of aromatic nitrogens is 3. The van der Waals surface area contributed by atoms with Crippen LogP contribution in [0.3, 0.4) is 0 Å². The monoisotopic (exact) mass is 474 g/mol. The number of hydrogen-bond acceptors (Lipinski definition) is 8. The maximum Gasteiger partial charge on any atom is 0.356 e. The second-order valence-corrected chi connectivity index (χ2v) is 9.89. The van der Waals surface area contributed by atoms with Gasteiger partial charge in [0.05, 0.1) is 19.8 Å². The first-order valence-electron chi connectivity index (χ1n) is 12.5. The summed E-state index contributed by atoms with van der Waals surface area (Å²) in [6.07, 6.45) is 8.06. The second kappa shape index (κ2) is 9.07. The molecule has 2 unspecified atom stereocenters. The van der Waals surface area contributed by atoms with Gasteiger partial charge in [0.2, 0.25) is 5.95 Å². The molecule has 6 rings (SSSR count). The van der Waals surface area contributed by atoms with Crippen LogP contribution in [0.25, 0.3) is 11.3 Å². The third-order valence-corrected chi connectivity index (χ3v) is 7.59. The maximum atomic E-state index is 11.9. The molecule has 1 aliphatic carbocycles. The quantitative estimate of drug-likeness (QED) is 0.450. The highest BCUT2D eigenvalue weighted by Gasteiger charge is 2.43. The van der Waals surface area contributed by atoms with Crippen molar-refractivity contribution in [1.82, 2.24) is 15.1 Å². The maximum absolute atomic E-state index is 11.9. The number of piperidine rings is 1. The summed E-state index contributed by atoms with van der Waals surface area (Å²) in [4.78, 5) is 23.2. The summed E-state index contributed by atoms with van der Waals surface area (Å²) in [6.45, 7) is 2.62. The Morgan fingerprint density at radius 2 is 1.89 bits per heavy atom. The van der Waals surface area contributed by atoms with Gasteiger partial charge < -0.3 is 18.9 Å². The minimum absolute atomic E-state index is 0.152. The van der Waals surface area contributed by atoms with Crippen LogP contribution in [0.2, 0.25) is 0 Å². The minimum atomic E-state index is -0.441. The van der Waals surface area contributed by atoms with E-state index in [-0.39, 0.29) is 6.10 Å². The Bertz CT molecular complexity index is 1220. The number of rotatable bonds is 7. The van der Waals surface area contributed by atoms with Crippen LogP contribution in [-0.4, -0.2) is 46.4 Å². The molecule has 3 fully saturated rings. The van der Waals surface area contributed by atoms with Gasteiger partial charge in [-0.2, -0.15) is 0 Å². The Morgan fingerprint density at radius 1 is 1.11 bits per heavy atom. The Labute approximate surface area is 204 Å². The third kappa shape index (κ3) is 4.20. The molecule has 2 aromatic heterocycles. The molecule has 3 aliphatic rings. The molecule has 0 spiro atoms. The molecule has 0 radical (unpaired) electrons. The summed E-state index contributed by atoms with van der Waals surface area (Å²) in [6, 6.07) is 10.5. The Hall–Kier alpha value is -3.26. The molecule has 2 saturated heterocycles. The highest BCUT2D eigenvalue weighted by atomic mass is 16.5. The molecule has 8 nitrogen and oxygen atoms in total. The average Bonchev–Trinajstić information content (AvgIpc) is 3.59. The second-order valence-electron chi connectivity index (χ2n) is 9.89. The van der Waals surface area contributed by atoms with E-state index in [1.807, 2.05) is 12.1 Å². The number of benzene rings is 1. The Morgan fingerprint density at radius 3 is 2.60 bits per heavy atom. The van der Waals surface area contributed by atoms with Crippen LogP contribution in [0, 0.1) is 6.92 Å². The lowest BCUT2D eigenvalue weighted by molar-refractivity contribution is 0.0144. The number of methoxy groups -OCH3 is 1. The van der Waals surface area contributed by atoms with Gasteiger partial charge in [0.25, 0.3) is 0 Å². The molecule has 0 N–H and O–H groups in total. The summed E-state index contributed by atoms with van der Waals surface area (Å²) in [5, 5.41) is 4.48. The summed E-state index contributed by atoms with van der Waals surface area (Å²) in [5.41, 5.74) is 4.60. The van der Waals surface area contributed by atoms with Crippen molar-refractivity contribution >= 4 is 11.9 Å². The number of nitrogens with zero attached hydrogens (tertiary/aromatic N) is 4. The summed E-state index contributed by atoms with van der Waals surface area (Å²) in [5.74, 6) is 1.63. The van der Waals surface area contributed by atoms with Gasteiger partial charge in [-0.1, -0.05) is 29.4 Å². The van der Waals surface area contributed by atoms with Gasteiger partial charge in [0, 0.05) is 35.3 Å². The number of fused-ring (bicyclic) bond motifs is 2. The first-order chi connectivity index (χ1) is 17.1. The fourth-order valence-electron chi connectivity index (χ4n) is 5.66. The third-order valence-electron chi connectivity index (χ3n) is 7.59. The van der Waals surface area contributed by atoms with Gasteiger partial charge in [-0.15, -0.1) is 0 Å². The smallest absolute Gasteiger partial charge is 0.356 e. The van der Waals surface area contributed by atoms with Crippen molar-refractivity contribution in [2.24, 2.45) is 0 Å². The van der Waals surface area contributed by atoms with Crippen LogP contribution in [0.1, 0.15) is 71.8 Å². The normalized spacial score (nSPS) is 23.5. The van der Waals surface area contributed by atoms with Crippen LogP contribution in [0.4, 0.5) is 5.95 Å². The summed E-state index contributed by atoms with van der Waals surface area (Å²) < 4.78 is 17.2. The van der Waals surface area contributed by atoms with E-state index in [0.717, 1.165) is 61.1 Å². The molecule has 35 heavy (non-hydrogen) atoms. The molecular formula is C27H30N4O4. The van der Waals surface area contributed by atoms with E-state index in [1.54, 1.807) is 12.3 Å². The van der Waals surface area contributed by atoms with Crippen molar-refractivity contribution in [2.75, 3.05) is 12.0 Å². The highest BCUT2D eigenvalue weighted by molar-refractivity contribution is 5.87. The molecule has 8 heteroatoms. The standard InChI is InChI=1S/C27H30N4O4/c1-16-5-3-4-6-21(16)24-22(25(35-30-24)17-7-8-17)15-34-20-13-18-9-10-19(14-20)31(18)27-28-12-11-23(29-27)26(32)33-2/h3-6,11-12,17-20H,7-10,13-15H2,1-2H3/t18-,19?,20?/m0/s1. The van der Waals surface area contributed by atoms with Gasteiger partial charge >= 0.3 is 5.97 Å². The van der Waals surface area contributed by atoms with Gasteiger partial charge in [0.15, 0.2) is 5.69 Å². The van der Waals surface area contributed by atoms with Crippen LogP contribution in [-0.2, 0) is 16.1 Å². The molecule has 3 aromatic rings. The lowest BCUT2D eigenvalue weighted by Gasteiger charge is -2.38. The molecule has 182 valence electrons. The Balaban J connectivity index is 1.18. The fourth-order valence-corrected chi connectivity index (χ4v) is 5.66. The first-order valence-corrected chi connectivity index (χ1v) is 12.5. The zero-order valence-electron chi connectivity index (χ0n) is 20.1. The lowest BCUT2D eigenvalue weighted by Crippen LogP contribution is -2.46. The summed E-state index contributed by atoms with van der Waals surface area (Å²) >= 11 is 0. The first kappa shape index (κ1) is 22.2. The van der Waals surface area contributed by atoms with Crippen molar-refractivity contribution in [1.29, 1.82) is 0 Å². The van der Waals surface area contributed by atoms with Gasteiger partial charge in [-0.05, 0) is 57.1 Å². The number of carbonyl (C=O) groups excluding carboxylic acids is 1. The molecule has 3 atom stereocenters. The van der Waals surface area contributed by atoms with E-state index in [1.165, 1.54) is 12.7 Å². The van der Waals surface area contributed by atoms with Gasteiger partial charge in [0.1, 0.15) is 11.5 Å². The van der Waals surface area contributed by atoms with Crippen molar-refractivity contribution in [3.05, 3.63) is 59.1 Å². The van der Waals surface area contributed by atoms with Gasteiger partial charge in [-0.3, -0.25) is 0 Å². The number of ether oxygens (including phenoxy) is 2. The van der Waals surface area contributed by atoms with E-state index in [0.29, 0.717) is 36.3 Å². The van der Waals surface area contributed by atoms with E-state index < -0.39 is 5.97 Å². The van der Waals surface area contributed by atoms with Crippen LogP contribution >= 0.6 is 0 Å². The van der Waals surface area contributed by atoms with Crippen molar-refractivity contribution < 1.29 is 18.8 Å². The van der Waals surface area contributed by atoms with Crippen LogP contribution in [0.15, 0.2) is 41.1 Å². The average molecular weight is 475 g/mol. The number of aryl methyl sites for hydroxylation is 1. The molecular weight excluding hydrogens is 444 g/mol. The largest absolute Gasteiger partial charge is 0.464 e. The zero-order chi connectivity index (χ0) is 23.9. The number of anilines is 1. The topological polar surface area (TPSA) is 90.6 Å². The Kier molecular flexibility index (Phi) is 5.76. The number of carbonyl (C=O) groups is 1. The van der Waals surface area contributed by atoms with Crippen molar-refractivity contribution in [3.8, 4) is 11.3 Å². The number of esters is 1. The predicted molar refractivity (Wildman–Crippen MR) is 129 cm³/mol. The lowest BCUT2D eigenvalue weighted by atomic mass is 9.99. The van der Waals surface area contributed by atoms with Crippen molar-refractivity contribution in [2.45, 2.75) is 76.2 Å². The molecule has 4 heterocycles. The van der Waals surface area contributed by atoms with E-state index in [2.05, 4.69) is 39.1 Å². The minimum Gasteiger partial charge on any atom is -0.464 e. The van der Waals surface area contributed by atoms with Crippen LogP contribution < -0.4 is 4.90 Å². The van der Waals surface area contributed by atoms with E-state index >= 15 is 0 Å². The van der Waals surface area contributed by atoms with Gasteiger partial charge in [-0.25, -0.2) is 14.8 Å². The molecule has 1 aromatic carbocycles. The molecule has 1 saturated carbocycles. The van der Waals surface area contributed by atoms with E-state index in [9.17, 15) is 4.79 Å².